The van der Waals surface area contributed by atoms with Gasteiger partial charge in [-0.1, -0.05) is 6.07 Å². The fraction of sp³-hybridized carbons (Fsp3) is 0.529. The lowest BCUT2D eigenvalue weighted by atomic mass is 10.2. The molecule has 1 fully saturated rings. The summed E-state index contributed by atoms with van der Waals surface area (Å²) in [6.45, 7) is 4.23. The highest BCUT2D eigenvalue weighted by atomic mass is 32.2. The van der Waals surface area contributed by atoms with Gasteiger partial charge in [-0.05, 0) is 32.0 Å². The average molecular weight is 384 g/mol. The molecule has 0 N–H and O–H groups in total. The predicted octanol–water partition coefficient (Wildman–Crippen LogP) is 0.730. The number of carbonyl (C=O) groups is 2. The first kappa shape index (κ1) is 20.3. The fourth-order valence-electron chi connectivity index (χ4n) is 2.68. The van der Waals surface area contributed by atoms with E-state index < -0.39 is 22.6 Å². The predicted molar refractivity (Wildman–Crippen MR) is 94.2 cm³/mol. The van der Waals surface area contributed by atoms with E-state index in [0.717, 1.165) is 4.31 Å². The molecule has 0 aliphatic carbocycles. The molecule has 1 saturated heterocycles. The first-order valence-corrected chi connectivity index (χ1v) is 9.68. The Morgan fingerprint density at radius 2 is 1.85 bits per heavy atom. The Morgan fingerprint density at radius 1 is 1.23 bits per heavy atom. The molecular formula is C17H24N2O6S. The van der Waals surface area contributed by atoms with E-state index in [-0.39, 0.29) is 28.6 Å². The number of sulfonamides is 1. The fourth-order valence-corrected chi connectivity index (χ4v) is 3.63. The summed E-state index contributed by atoms with van der Waals surface area (Å²) in [5.74, 6) is -1.05. The lowest BCUT2D eigenvalue weighted by Crippen LogP contribution is -2.49. The van der Waals surface area contributed by atoms with E-state index in [1.54, 1.807) is 4.90 Å². The molecule has 1 aromatic carbocycles. The quantitative estimate of drug-likeness (QED) is 0.695. The highest BCUT2D eigenvalue weighted by molar-refractivity contribution is 7.89. The molecule has 0 aromatic heterocycles. The van der Waals surface area contributed by atoms with Gasteiger partial charge in [-0.25, -0.2) is 17.5 Å². The number of amides is 1. The van der Waals surface area contributed by atoms with E-state index in [9.17, 15) is 18.0 Å². The molecule has 1 aromatic rings. The first-order valence-electron chi connectivity index (χ1n) is 8.24. The molecule has 2 atom stereocenters. The van der Waals surface area contributed by atoms with E-state index in [0.29, 0.717) is 13.1 Å². The Labute approximate surface area is 153 Å². The van der Waals surface area contributed by atoms with Crippen LogP contribution < -0.4 is 0 Å². The van der Waals surface area contributed by atoms with Crippen molar-refractivity contribution in [2.24, 2.45) is 0 Å². The van der Waals surface area contributed by atoms with Gasteiger partial charge in [-0.15, -0.1) is 0 Å². The number of hydrogen-bond acceptors (Lipinski definition) is 6. The van der Waals surface area contributed by atoms with Crippen LogP contribution in [0, 0.1) is 0 Å². The minimum atomic E-state index is -3.66. The molecule has 0 saturated carbocycles. The standard InChI is InChI=1S/C17H24N2O6S/c1-12-9-19(10-13(2)25-12)16(20)11-24-17(21)14-6-5-7-15(8-14)26(22,23)18(3)4/h5-8,12-13H,9-11H2,1-4H3/t12-,13+. The van der Waals surface area contributed by atoms with Gasteiger partial charge < -0.3 is 14.4 Å². The second-order valence-corrected chi connectivity index (χ2v) is 8.60. The van der Waals surface area contributed by atoms with Crippen LogP contribution in [0.1, 0.15) is 24.2 Å². The SMILES string of the molecule is C[C@@H]1CN(C(=O)COC(=O)c2cccc(S(=O)(=O)N(C)C)c2)C[C@H](C)O1. The van der Waals surface area contributed by atoms with Gasteiger partial charge in [-0.3, -0.25) is 4.79 Å². The van der Waals surface area contributed by atoms with Crippen molar-refractivity contribution >= 4 is 21.9 Å². The summed E-state index contributed by atoms with van der Waals surface area (Å²) in [5.41, 5.74) is 0.0736. The molecule has 1 aliphatic rings. The number of esters is 1. The topological polar surface area (TPSA) is 93.2 Å². The maximum Gasteiger partial charge on any atom is 0.338 e. The highest BCUT2D eigenvalue weighted by Crippen LogP contribution is 2.16. The normalized spacial score (nSPS) is 20.9. The molecule has 0 radical (unpaired) electrons. The molecule has 0 bridgehead atoms. The number of ether oxygens (including phenoxy) is 2. The van der Waals surface area contributed by atoms with Crippen molar-refractivity contribution in [2.45, 2.75) is 31.0 Å². The summed E-state index contributed by atoms with van der Waals surface area (Å²) in [6, 6.07) is 5.54. The number of carbonyl (C=O) groups excluding carboxylic acids is 2. The van der Waals surface area contributed by atoms with Crippen LogP contribution in [0.2, 0.25) is 0 Å². The number of morpholine rings is 1. The van der Waals surface area contributed by atoms with E-state index in [1.807, 2.05) is 13.8 Å². The molecular weight excluding hydrogens is 360 g/mol. The summed E-state index contributed by atoms with van der Waals surface area (Å²) < 4.78 is 36.0. The largest absolute Gasteiger partial charge is 0.452 e. The van der Waals surface area contributed by atoms with Crippen LogP contribution in [0.25, 0.3) is 0 Å². The molecule has 2 rings (SSSR count). The molecule has 0 unspecified atom stereocenters. The van der Waals surface area contributed by atoms with Gasteiger partial charge in [0, 0.05) is 27.2 Å². The van der Waals surface area contributed by atoms with Crippen LogP contribution in [-0.2, 0) is 24.3 Å². The highest BCUT2D eigenvalue weighted by Gasteiger charge is 2.26. The summed E-state index contributed by atoms with van der Waals surface area (Å²) >= 11 is 0. The molecule has 0 spiro atoms. The smallest absolute Gasteiger partial charge is 0.338 e. The first-order chi connectivity index (χ1) is 12.1. The van der Waals surface area contributed by atoms with Gasteiger partial charge in [0.2, 0.25) is 10.0 Å². The maximum absolute atomic E-state index is 12.2. The van der Waals surface area contributed by atoms with Crippen molar-refractivity contribution in [3.63, 3.8) is 0 Å². The Kier molecular flexibility index (Phi) is 6.38. The van der Waals surface area contributed by atoms with Gasteiger partial charge in [0.05, 0.1) is 22.7 Å². The number of nitrogens with zero attached hydrogens (tertiary/aromatic N) is 2. The minimum absolute atomic E-state index is 0.0147. The summed E-state index contributed by atoms with van der Waals surface area (Å²) in [4.78, 5) is 26.0. The minimum Gasteiger partial charge on any atom is -0.452 e. The third-order valence-electron chi connectivity index (χ3n) is 3.95. The Hall–Kier alpha value is -1.97. The number of benzene rings is 1. The van der Waals surface area contributed by atoms with Gasteiger partial charge in [0.15, 0.2) is 6.61 Å². The zero-order valence-electron chi connectivity index (χ0n) is 15.3. The molecule has 1 amide bonds. The van der Waals surface area contributed by atoms with Crippen molar-refractivity contribution < 1.29 is 27.5 Å². The summed E-state index contributed by atoms with van der Waals surface area (Å²) in [7, 11) is -0.845. The third-order valence-corrected chi connectivity index (χ3v) is 5.76. The lowest BCUT2D eigenvalue weighted by Gasteiger charge is -2.35. The second-order valence-electron chi connectivity index (χ2n) is 6.45. The Morgan fingerprint density at radius 3 is 2.42 bits per heavy atom. The number of rotatable bonds is 5. The molecule has 144 valence electrons. The zero-order chi connectivity index (χ0) is 19.5. The van der Waals surface area contributed by atoms with Crippen molar-refractivity contribution in [3.8, 4) is 0 Å². The van der Waals surface area contributed by atoms with Crippen molar-refractivity contribution in [1.82, 2.24) is 9.21 Å². The molecule has 26 heavy (non-hydrogen) atoms. The third kappa shape index (κ3) is 4.80. The van der Waals surface area contributed by atoms with Crippen LogP contribution in [0.3, 0.4) is 0 Å². The van der Waals surface area contributed by atoms with Crippen molar-refractivity contribution in [1.29, 1.82) is 0 Å². The van der Waals surface area contributed by atoms with E-state index in [4.69, 9.17) is 9.47 Å². The monoisotopic (exact) mass is 384 g/mol. The van der Waals surface area contributed by atoms with Crippen molar-refractivity contribution in [2.75, 3.05) is 33.8 Å². The van der Waals surface area contributed by atoms with Gasteiger partial charge in [0.1, 0.15) is 0 Å². The van der Waals surface area contributed by atoms with Gasteiger partial charge in [0.25, 0.3) is 5.91 Å². The molecule has 8 nitrogen and oxygen atoms in total. The molecule has 1 aliphatic heterocycles. The van der Waals surface area contributed by atoms with Crippen molar-refractivity contribution in [3.05, 3.63) is 29.8 Å². The van der Waals surface area contributed by atoms with Crippen LogP contribution in [0.15, 0.2) is 29.2 Å². The average Bonchev–Trinajstić information content (AvgIpc) is 2.58. The van der Waals surface area contributed by atoms with Gasteiger partial charge >= 0.3 is 5.97 Å². The zero-order valence-corrected chi connectivity index (χ0v) is 16.2. The summed E-state index contributed by atoms with van der Waals surface area (Å²) in [6.07, 6.45) is -0.155. The Bertz CT molecular complexity index is 767. The Balaban J connectivity index is 2.01. The maximum atomic E-state index is 12.2. The summed E-state index contributed by atoms with van der Waals surface area (Å²) in [5, 5.41) is 0. The van der Waals surface area contributed by atoms with E-state index in [2.05, 4.69) is 0 Å². The van der Waals surface area contributed by atoms with E-state index in [1.165, 1.54) is 38.4 Å². The van der Waals surface area contributed by atoms with Crippen LogP contribution >= 0.6 is 0 Å². The van der Waals surface area contributed by atoms with E-state index >= 15 is 0 Å². The van der Waals surface area contributed by atoms with Crippen LogP contribution in [0.5, 0.6) is 0 Å². The molecule has 1 heterocycles. The number of hydrogen-bond donors (Lipinski definition) is 0. The second kappa shape index (κ2) is 8.15. The van der Waals surface area contributed by atoms with Crippen LogP contribution in [0.4, 0.5) is 0 Å². The lowest BCUT2D eigenvalue weighted by molar-refractivity contribution is -0.146. The van der Waals surface area contributed by atoms with Crippen LogP contribution in [-0.4, -0.2) is 75.5 Å². The van der Waals surface area contributed by atoms with Gasteiger partial charge in [-0.2, -0.15) is 0 Å². The molecule has 9 heteroatoms.